The van der Waals surface area contributed by atoms with Crippen LogP contribution in [0.4, 0.5) is 5.82 Å². The van der Waals surface area contributed by atoms with E-state index in [0.29, 0.717) is 5.92 Å². The molecule has 1 aliphatic rings. The van der Waals surface area contributed by atoms with E-state index in [0.717, 1.165) is 49.1 Å². The van der Waals surface area contributed by atoms with E-state index in [4.69, 9.17) is 9.72 Å². The molecule has 1 saturated heterocycles. The van der Waals surface area contributed by atoms with Gasteiger partial charge < -0.3 is 9.64 Å². The van der Waals surface area contributed by atoms with Crippen LogP contribution in [0.1, 0.15) is 18.4 Å². The standard InChI is InChI=1S/C18H23N3OS/c1-22-13-15-7-9-21(10-8-15)17-11-19-12-18(20-17)23-14-16-5-3-2-4-6-16/h2-6,11-12,15H,7-10,13-14H2,1H3. The Hall–Kier alpha value is -1.59. The molecular weight excluding hydrogens is 306 g/mol. The van der Waals surface area contributed by atoms with Crippen LogP contribution in [-0.4, -0.2) is 36.8 Å². The van der Waals surface area contributed by atoms with Gasteiger partial charge in [0.05, 0.1) is 12.4 Å². The van der Waals surface area contributed by atoms with Crippen molar-refractivity contribution >= 4 is 17.6 Å². The first-order valence-electron chi connectivity index (χ1n) is 8.08. The van der Waals surface area contributed by atoms with Crippen LogP contribution in [-0.2, 0) is 10.5 Å². The summed E-state index contributed by atoms with van der Waals surface area (Å²) in [6.45, 7) is 2.94. The fourth-order valence-corrected chi connectivity index (χ4v) is 3.66. The zero-order valence-electron chi connectivity index (χ0n) is 13.5. The first-order chi connectivity index (χ1) is 11.3. The number of benzene rings is 1. The largest absolute Gasteiger partial charge is 0.384 e. The fraction of sp³-hybridized carbons (Fsp3) is 0.444. The van der Waals surface area contributed by atoms with Gasteiger partial charge in [0.25, 0.3) is 0 Å². The number of anilines is 1. The number of thioether (sulfide) groups is 1. The molecule has 0 bridgehead atoms. The molecule has 0 aliphatic carbocycles. The maximum Gasteiger partial charge on any atom is 0.148 e. The number of hydrogen-bond donors (Lipinski definition) is 0. The normalized spacial score (nSPS) is 15.8. The summed E-state index contributed by atoms with van der Waals surface area (Å²) in [5, 5.41) is 0.991. The minimum atomic E-state index is 0.680. The van der Waals surface area contributed by atoms with Crippen molar-refractivity contribution in [1.82, 2.24) is 9.97 Å². The summed E-state index contributed by atoms with van der Waals surface area (Å²) in [6, 6.07) is 10.5. The van der Waals surface area contributed by atoms with Gasteiger partial charge in [0.2, 0.25) is 0 Å². The lowest BCUT2D eigenvalue weighted by atomic mass is 9.98. The molecule has 0 amide bonds. The molecule has 23 heavy (non-hydrogen) atoms. The van der Waals surface area contributed by atoms with Gasteiger partial charge in [-0.2, -0.15) is 0 Å². The zero-order chi connectivity index (χ0) is 15.9. The van der Waals surface area contributed by atoms with Crippen LogP contribution in [0, 0.1) is 5.92 Å². The smallest absolute Gasteiger partial charge is 0.148 e. The lowest BCUT2D eigenvalue weighted by molar-refractivity contribution is 0.139. The highest BCUT2D eigenvalue weighted by Crippen LogP contribution is 2.25. The Labute approximate surface area is 142 Å². The van der Waals surface area contributed by atoms with Crippen LogP contribution in [0.25, 0.3) is 0 Å². The summed E-state index contributed by atoms with van der Waals surface area (Å²) in [5.41, 5.74) is 1.31. The molecule has 1 aromatic heterocycles. The summed E-state index contributed by atoms with van der Waals surface area (Å²) in [7, 11) is 1.78. The molecule has 1 aromatic carbocycles. The van der Waals surface area contributed by atoms with E-state index in [1.165, 1.54) is 5.56 Å². The van der Waals surface area contributed by atoms with Crippen molar-refractivity contribution in [1.29, 1.82) is 0 Å². The molecule has 2 heterocycles. The van der Waals surface area contributed by atoms with Gasteiger partial charge in [0.1, 0.15) is 10.8 Å². The number of ether oxygens (including phenoxy) is 1. The van der Waals surface area contributed by atoms with Gasteiger partial charge in [0.15, 0.2) is 0 Å². The number of piperidine rings is 1. The molecule has 0 atom stereocenters. The molecule has 0 spiro atoms. The van der Waals surface area contributed by atoms with Gasteiger partial charge in [-0.25, -0.2) is 4.98 Å². The van der Waals surface area contributed by atoms with E-state index in [1.807, 2.05) is 18.5 Å². The van der Waals surface area contributed by atoms with Crippen LogP contribution < -0.4 is 4.90 Å². The molecule has 1 aliphatic heterocycles. The van der Waals surface area contributed by atoms with Crippen molar-refractivity contribution in [3.8, 4) is 0 Å². The Morgan fingerprint density at radius 2 is 1.96 bits per heavy atom. The third kappa shape index (κ3) is 4.69. The zero-order valence-corrected chi connectivity index (χ0v) is 14.3. The lowest BCUT2D eigenvalue weighted by Crippen LogP contribution is -2.35. The summed E-state index contributed by atoms with van der Waals surface area (Å²) in [5.74, 6) is 2.60. The van der Waals surface area contributed by atoms with Crippen LogP contribution in [0.5, 0.6) is 0 Å². The summed E-state index contributed by atoms with van der Waals surface area (Å²) in [4.78, 5) is 11.5. The van der Waals surface area contributed by atoms with Gasteiger partial charge in [0, 0.05) is 32.6 Å². The second-order valence-corrected chi connectivity index (χ2v) is 6.87. The quantitative estimate of drug-likeness (QED) is 0.757. The molecule has 0 N–H and O–H groups in total. The maximum atomic E-state index is 5.27. The highest BCUT2D eigenvalue weighted by atomic mass is 32.2. The van der Waals surface area contributed by atoms with E-state index < -0.39 is 0 Å². The Morgan fingerprint density at radius 3 is 2.70 bits per heavy atom. The first-order valence-corrected chi connectivity index (χ1v) is 9.06. The Kier molecular flexibility index (Phi) is 5.88. The molecular formula is C18H23N3OS. The van der Waals surface area contributed by atoms with E-state index in [-0.39, 0.29) is 0 Å². The summed E-state index contributed by atoms with van der Waals surface area (Å²) >= 11 is 1.74. The monoisotopic (exact) mass is 329 g/mol. The summed E-state index contributed by atoms with van der Waals surface area (Å²) < 4.78 is 5.27. The molecule has 5 heteroatoms. The van der Waals surface area contributed by atoms with E-state index in [9.17, 15) is 0 Å². The van der Waals surface area contributed by atoms with Crippen molar-refractivity contribution in [2.24, 2.45) is 5.92 Å². The molecule has 0 radical (unpaired) electrons. The topological polar surface area (TPSA) is 38.2 Å². The maximum absolute atomic E-state index is 5.27. The number of nitrogens with zero attached hydrogens (tertiary/aromatic N) is 3. The average molecular weight is 329 g/mol. The molecule has 3 rings (SSSR count). The molecule has 2 aromatic rings. The van der Waals surface area contributed by atoms with Gasteiger partial charge in [-0.1, -0.05) is 30.3 Å². The highest BCUT2D eigenvalue weighted by molar-refractivity contribution is 7.98. The molecule has 0 saturated carbocycles. The Balaban J connectivity index is 1.57. The van der Waals surface area contributed by atoms with E-state index in [1.54, 1.807) is 18.9 Å². The number of aromatic nitrogens is 2. The van der Waals surface area contributed by atoms with Gasteiger partial charge in [-0.05, 0) is 24.3 Å². The third-order valence-electron chi connectivity index (χ3n) is 4.17. The minimum Gasteiger partial charge on any atom is -0.384 e. The lowest BCUT2D eigenvalue weighted by Gasteiger charge is -2.32. The molecule has 1 fully saturated rings. The van der Waals surface area contributed by atoms with E-state index in [2.05, 4.69) is 34.1 Å². The number of methoxy groups -OCH3 is 1. The Bertz CT molecular complexity index is 600. The second-order valence-electron chi connectivity index (χ2n) is 5.88. The fourth-order valence-electron chi connectivity index (χ4n) is 2.86. The first kappa shape index (κ1) is 16.3. The number of hydrogen-bond acceptors (Lipinski definition) is 5. The van der Waals surface area contributed by atoms with Gasteiger partial charge >= 0.3 is 0 Å². The van der Waals surface area contributed by atoms with E-state index >= 15 is 0 Å². The average Bonchev–Trinajstić information content (AvgIpc) is 2.62. The molecule has 122 valence electrons. The van der Waals surface area contributed by atoms with Gasteiger partial charge in [-0.3, -0.25) is 4.98 Å². The van der Waals surface area contributed by atoms with Crippen molar-refractivity contribution in [3.63, 3.8) is 0 Å². The van der Waals surface area contributed by atoms with Crippen LogP contribution in [0.15, 0.2) is 47.8 Å². The van der Waals surface area contributed by atoms with Gasteiger partial charge in [-0.15, -0.1) is 11.8 Å². The summed E-state index contributed by atoms with van der Waals surface area (Å²) in [6.07, 6.45) is 6.06. The molecule has 0 unspecified atom stereocenters. The van der Waals surface area contributed by atoms with Crippen LogP contribution >= 0.6 is 11.8 Å². The molecule has 4 nitrogen and oxygen atoms in total. The SMILES string of the molecule is COCC1CCN(c2cncc(SCc3ccccc3)n2)CC1. The third-order valence-corrected chi connectivity index (χ3v) is 5.14. The van der Waals surface area contributed by atoms with Crippen molar-refractivity contribution in [2.75, 3.05) is 31.7 Å². The van der Waals surface area contributed by atoms with Crippen molar-refractivity contribution in [3.05, 3.63) is 48.3 Å². The second kappa shape index (κ2) is 8.31. The van der Waals surface area contributed by atoms with Crippen LogP contribution in [0.2, 0.25) is 0 Å². The Morgan fingerprint density at radius 1 is 1.17 bits per heavy atom. The van der Waals surface area contributed by atoms with Crippen LogP contribution in [0.3, 0.4) is 0 Å². The predicted molar refractivity (Wildman–Crippen MR) is 94.8 cm³/mol. The predicted octanol–water partition coefficient (Wildman–Crippen LogP) is 3.63. The van der Waals surface area contributed by atoms with Crippen molar-refractivity contribution in [2.45, 2.75) is 23.6 Å². The highest BCUT2D eigenvalue weighted by Gasteiger charge is 2.20. The number of rotatable bonds is 6. The van der Waals surface area contributed by atoms with Crippen molar-refractivity contribution < 1.29 is 4.74 Å². The minimum absolute atomic E-state index is 0.680.